The Balaban J connectivity index is 1.55. The highest BCUT2D eigenvalue weighted by molar-refractivity contribution is 6.00. The molecule has 11 unspecified atom stereocenters. The summed E-state index contributed by atoms with van der Waals surface area (Å²) < 4.78 is 33.8. The zero-order valence-electron chi connectivity index (χ0n) is 80.4. The standard InChI is InChI=1S/C111H178O8/c1-26-27-28-29-44-47-62-100(117-103-81-109(20,21)99(95(17)106(103)112)71-65-87(9)59-52-57-85(7)55-50-49-54-84(6)56-51-58-86(8)64-70-98-94(16)60-53-76-108(98,18)19)101(63-48-45-42-40-38-36-34-32-30-31-33-35-37-39-41-43-46-61-96-79-97(115-24)80-102(116-25)107(96)113)119-111(23,78-75-93(15)91(13)69-67-89(11)83(4)5)105-73-72-104(118-105)110(22,114)77-74-92(14)90(12)68-66-88(10)82(2)3/h49-52,54-59,64-65,70-71,79-80,88-89,92-93,100-101,103-105,113-114H,2,4,12-13,26-48,53,60-63,66-69,72-78,81H2,1,3,5-11,14-25H3/b50-49+,56-51+,57-52+,70-64+,71-65+,84-54+,85-55+,86-58+,87-59+. The molecule has 0 spiro atoms. The molecule has 2 N–H and O–H groups in total. The molecule has 0 bridgehead atoms. The van der Waals surface area contributed by atoms with Gasteiger partial charge in [-0.15, -0.1) is 0 Å². The number of rotatable bonds is 62. The van der Waals surface area contributed by atoms with Gasteiger partial charge in [0.2, 0.25) is 0 Å². The van der Waals surface area contributed by atoms with E-state index >= 15 is 4.79 Å². The SMILES string of the molecule is C=C(C)C(C)CCC(=C)C(C)CCC(C)(O)C1CCC(C(C)(CCC(C)C(=C)CCC(C)C(=C)C)OC(CCCCCCCCCCCCCCCCCCCc2cc(OC)cc(OC)c2O)C(CCCCCCCC)OC2CC(C)(C)C(/C=C/C(C)=C/C=C/C(C)=C/C=C/C=C(C)/C=C/C=C(C)/C=C/C3=C(C)CCCC3(C)C)=C(C)C2=O)O1. The lowest BCUT2D eigenvalue weighted by atomic mass is 9.70. The van der Waals surface area contributed by atoms with Crippen LogP contribution in [-0.4, -0.2) is 71.9 Å². The third-order valence-corrected chi connectivity index (χ3v) is 27.3. The van der Waals surface area contributed by atoms with E-state index in [0.29, 0.717) is 30.4 Å². The van der Waals surface area contributed by atoms with E-state index < -0.39 is 17.3 Å². The molecule has 2 aliphatic carbocycles. The normalized spacial score (nSPS) is 20.5. The molecule has 1 heterocycles. The number of phenolic OH excluding ortho intramolecular Hbond substituents is 1. The summed E-state index contributed by atoms with van der Waals surface area (Å²) in [4.78, 5) is 15.3. The van der Waals surface area contributed by atoms with Gasteiger partial charge in [0, 0.05) is 11.6 Å². The molecule has 1 aromatic carbocycles. The van der Waals surface area contributed by atoms with E-state index in [0.717, 1.165) is 143 Å². The Kier molecular flexibility index (Phi) is 49.8. The van der Waals surface area contributed by atoms with Gasteiger partial charge in [0.1, 0.15) is 11.9 Å². The van der Waals surface area contributed by atoms with Crippen LogP contribution in [0.15, 0.2) is 190 Å². The van der Waals surface area contributed by atoms with Gasteiger partial charge in [-0.2, -0.15) is 0 Å². The first-order valence-corrected chi connectivity index (χ1v) is 47.8. The molecular formula is C111H178O8. The molecule has 3 aliphatic rings. The van der Waals surface area contributed by atoms with Crippen molar-refractivity contribution in [2.24, 2.45) is 34.5 Å². The van der Waals surface area contributed by atoms with Crippen LogP contribution in [0, 0.1) is 34.5 Å². The highest BCUT2D eigenvalue weighted by Crippen LogP contribution is 2.46. The number of carbonyl (C=O) groups excluding carboxylic acids is 1. The van der Waals surface area contributed by atoms with Crippen molar-refractivity contribution < 1.29 is 38.7 Å². The van der Waals surface area contributed by atoms with Gasteiger partial charge < -0.3 is 33.9 Å². The Morgan fingerprint density at radius 3 is 1.47 bits per heavy atom. The molecule has 0 aromatic heterocycles. The fourth-order valence-corrected chi connectivity index (χ4v) is 17.8. The fourth-order valence-electron chi connectivity index (χ4n) is 17.8. The number of ether oxygens (including phenoxy) is 5. The number of hydrogen-bond donors (Lipinski definition) is 2. The van der Waals surface area contributed by atoms with Crippen molar-refractivity contribution >= 4 is 5.78 Å². The number of benzene rings is 1. The second kappa shape index (κ2) is 56.2. The Labute approximate surface area is 732 Å². The summed E-state index contributed by atoms with van der Waals surface area (Å²) in [6.45, 7) is 60.0. The molecule has 119 heavy (non-hydrogen) atoms. The molecule has 1 fully saturated rings. The Bertz CT molecular complexity index is 3590. The van der Waals surface area contributed by atoms with E-state index in [1.807, 2.05) is 19.9 Å². The van der Waals surface area contributed by atoms with Gasteiger partial charge in [0.15, 0.2) is 17.3 Å². The van der Waals surface area contributed by atoms with Gasteiger partial charge in [-0.05, 0) is 242 Å². The van der Waals surface area contributed by atoms with Gasteiger partial charge in [-0.1, -0.05) is 365 Å². The Hall–Kier alpha value is -5.77. The first-order valence-electron chi connectivity index (χ1n) is 47.8. The number of ketones is 1. The fraction of sp³-hybridized carbons (Fsp3) is 0.667. The maximum absolute atomic E-state index is 15.3. The highest BCUT2D eigenvalue weighted by Gasteiger charge is 2.49. The number of hydrogen-bond acceptors (Lipinski definition) is 8. The van der Waals surface area contributed by atoms with Crippen molar-refractivity contribution in [1.82, 2.24) is 0 Å². The Morgan fingerprint density at radius 2 is 0.992 bits per heavy atom. The van der Waals surface area contributed by atoms with Gasteiger partial charge in [-0.25, -0.2) is 0 Å². The van der Waals surface area contributed by atoms with Crippen LogP contribution in [-0.2, 0) is 25.4 Å². The summed E-state index contributed by atoms with van der Waals surface area (Å²) >= 11 is 0. The molecule has 1 aliphatic heterocycles. The van der Waals surface area contributed by atoms with Crippen molar-refractivity contribution in [3.8, 4) is 17.2 Å². The maximum atomic E-state index is 15.3. The van der Waals surface area contributed by atoms with Crippen LogP contribution < -0.4 is 9.47 Å². The number of aromatic hydroxyl groups is 1. The summed E-state index contributed by atoms with van der Waals surface area (Å²) in [6, 6.07) is 3.66. The molecule has 4 rings (SSSR count). The van der Waals surface area contributed by atoms with Gasteiger partial charge in [-0.3, -0.25) is 4.79 Å². The predicted molar refractivity (Wildman–Crippen MR) is 515 cm³/mol. The Morgan fingerprint density at radius 1 is 0.546 bits per heavy atom. The van der Waals surface area contributed by atoms with Crippen LogP contribution >= 0.6 is 0 Å². The zero-order valence-corrected chi connectivity index (χ0v) is 80.4. The van der Waals surface area contributed by atoms with Gasteiger partial charge in [0.05, 0.1) is 49.8 Å². The lowest BCUT2D eigenvalue weighted by molar-refractivity contribution is -0.214. The zero-order chi connectivity index (χ0) is 88.1. The second-order valence-electron chi connectivity index (χ2n) is 39.2. The van der Waals surface area contributed by atoms with Gasteiger partial charge in [0.25, 0.3) is 0 Å². The van der Waals surface area contributed by atoms with E-state index in [4.69, 9.17) is 30.3 Å². The molecule has 8 heteroatoms. The van der Waals surface area contributed by atoms with Crippen molar-refractivity contribution in [3.63, 3.8) is 0 Å². The molecule has 1 saturated heterocycles. The molecule has 11 atom stereocenters. The van der Waals surface area contributed by atoms with Crippen LogP contribution in [0.3, 0.4) is 0 Å². The third-order valence-electron chi connectivity index (χ3n) is 27.3. The van der Waals surface area contributed by atoms with Crippen LogP contribution in [0.4, 0.5) is 0 Å². The monoisotopic (exact) mass is 1640 g/mol. The summed E-state index contributed by atoms with van der Waals surface area (Å²) in [5, 5.41) is 23.2. The number of phenols is 1. The number of allylic oxidation sites excluding steroid dienone is 25. The summed E-state index contributed by atoms with van der Waals surface area (Å²) in [5.41, 5.74) is 13.6. The van der Waals surface area contributed by atoms with E-state index in [1.54, 1.807) is 20.3 Å². The minimum absolute atomic E-state index is 0.0824. The molecule has 670 valence electrons. The van der Waals surface area contributed by atoms with Crippen molar-refractivity contribution in [2.75, 3.05) is 14.2 Å². The molecule has 1 aromatic rings. The minimum Gasteiger partial charge on any atom is -0.504 e. The first-order chi connectivity index (χ1) is 56.5. The highest BCUT2D eigenvalue weighted by atomic mass is 16.6. The van der Waals surface area contributed by atoms with Crippen LogP contribution in [0.1, 0.15) is 388 Å². The van der Waals surface area contributed by atoms with Crippen molar-refractivity contribution in [1.29, 1.82) is 0 Å². The average molecular weight is 1640 g/mol. The minimum atomic E-state index is -1.03. The number of unbranched alkanes of at least 4 members (excludes halogenated alkanes) is 21. The topological polar surface area (TPSA) is 104 Å². The molecule has 8 nitrogen and oxygen atoms in total. The number of Topliss-reactive ketones (excluding diaryl/α,β-unsaturated/α-hetero) is 1. The average Bonchev–Trinajstić information content (AvgIpc) is 1.70. The summed E-state index contributed by atoms with van der Waals surface area (Å²) in [6.07, 6.45) is 72.2. The quantitative estimate of drug-likeness (QED) is 0.0378. The molecule has 0 radical (unpaired) electrons. The van der Waals surface area contributed by atoms with Crippen molar-refractivity contribution in [2.45, 2.75) is 430 Å². The number of aliphatic hydroxyl groups is 1. The molecular weight excluding hydrogens is 1460 g/mol. The number of aryl methyl sites for hydroxylation is 1. The van der Waals surface area contributed by atoms with Crippen LogP contribution in [0.5, 0.6) is 17.2 Å². The third kappa shape index (κ3) is 39.7. The maximum Gasteiger partial charge on any atom is 0.187 e. The van der Waals surface area contributed by atoms with Crippen LogP contribution in [0.2, 0.25) is 0 Å². The van der Waals surface area contributed by atoms with Gasteiger partial charge >= 0.3 is 0 Å². The molecule has 0 saturated carbocycles. The van der Waals surface area contributed by atoms with E-state index in [-0.39, 0.29) is 58.6 Å². The number of methoxy groups -OCH3 is 2. The molecule has 0 amide bonds. The largest absolute Gasteiger partial charge is 0.504 e. The van der Waals surface area contributed by atoms with Crippen molar-refractivity contribution in [3.05, 3.63) is 196 Å². The smallest absolute Gasteiger partial charge is 0.187 e. The lowest BCUT2D eigenvalue weighted by Crippen LogP contribution is -2.51. The van der Waals surface area contributed by atoms with E-state index in [9.17, 15) is 10.2 Å². The summed E-state index contributed by atoms with van der Waals surface area (Å²) in [7, 11) is 3.23. The number of carbonyl (C=O) groups is 1. The predicted octanol–water partition coefficient (Wildman–Crippen LogP) is 32.3. The first kappa shape index (κ1) is 106. The second-order valence-corrected chi connectivity index (χ2v) is 39.2. The summed E-state index contributed by atoms with van der Waals surface area (Å²) in [5.74, 6) is 2.94. The van der Waals surface area contributed by atoms with E-state index in [2.05, 4.69) is 223 Å². The lowest BCUT2D eigenvalue weighted by Gasteiger charge is -2.44. The van der Waals surface area contributed by atoms with Crippen LogP contribution in [0.25, 0.3) is 0 Å². The van der Waals surface area contributed by atoms with E-state index in [1.165, 1.54) is 179 Å².